The predicted molar refractivity (Wildman–Crippen MR) is 116 cm³/mol. The van der Waals surface area contributed by atoms with Gasteiger partial charge in [-0.25, -0.2) is 0 Å². The second-order valence-electron chi connectivity index (χ2n) is 9.04. The van der Waals surface area contributed by atoms with Gasteiger partial charge in [0, 0.05) is 5.92 Å². The van der Waals surface area contributed by atoms with E-state index in [4.69, 9.17) is 0 Å². The van der Waals surface area contributed by atoms with Crippen LogP contribution in [0.1, 0.15) is 55.8 Å². The lowest BCUT2D eigenvalue weighted by Gasteiger charge is -2.19. The number of aryl methyl sites for hydroxylation is 1. The summed E-state index contributed by atoms with van der Waals surface area (Å²) in [5, 5.41) is 21.1. The molecule has 5 atom stereocenters. The zero-order valence-corrected chi connectivity index (χ0v) is 17.7. The van der Waals surface area contributed by atoms with Crippen LogP contribution in [0, 0.1) is 24.7 Å². The third kappa shape index (κ3) is 5.34. The van der Waals surface area contributed by atoms with Gasteiger partial charge in [0.15, 0.2) is 0 Å². The van der Waals surface area contributed by atoms with E-state index >= 15 is 0 Å². The molecule has 3 nitrogen and oxygen atoms in total. The van der Waals surface area contributed by atoms with Gasteiger partial charge < -0.3 is 15.1 Å². The number of hydrogen-bond acceptors (Lipinski definition) is 3. The van der Waals surface area contributed by atoms with Crippen molar-refractivity contribution < 1.29 is 10.2 Å². The Balaban J connectivity index is 1.52. The molecule has 1 aromatic carbocycles. The van der Waals surface area contributed by atoms with Gasteiger partial charge in [-0.05, 0) is 82.6 Å². The van der Waals surface area contributed by atoms with Crippen LogP contribution in [0.4, 0.5) is 0 Å². The number of hydrogen-bond donors (Lipinski definition) is 2. The molecule has 3 heteroatoms. The van der Waals surface area contributed by atoms with Crippen molar-refractivity contribution in [1.82, 2.24) is 4.90 Å². The highest BCUT2D eigenvalue weighted by atomic mass is 16.3. The van der Waals surface area contributed by atoms with E-state index in [9.17, 15) is 10.2 Å². The Labute approximate surface area is 170 Å². The molecular formula is C25H37NO2. The molecule has 0 aliphatic heterocycles. The molecule has 1 aromatic rings. The van der Waals surface area contributed by atoms with Crippen LogP contribution in [0.15, 0.2) is 48.1 Å². The molecule has 2 N–H and O–H groups in total. The van der Waals surface area contributed by atoms with Crippen LogP contribution in [0.5, 0.6) is 0 Å². The summed E-state index contributed by atoms with van der Waals surface area (Å²) in [7, 11) is 4.27. The molecule has 154 valence electrons. The van der Waals surface area contributed by atoms with Gasteiger partial charge in [-0.3, -0.25) is 0 Å². The highest BCUT2D eigenvalue weighted by Crippen LogP contribution is 2.48. The summed E-state index contributed by atoms with van der Waals surface area (Å²) in [5.74, 6) is 1.18. The zero-order valence-electron chi connectivity index (χ0n) is 17.7. The maximum Gasteiger partial charge on any atom is 0.0974 e. The van der Waals surface area contributed by atoms with Crippen LogP contribution in [0.3, 0.4) is 0 Å². The van der Waals surface area contributed by atoms with Gasteiger partial charge in [0.05, 0.1) is 12.2 Å². The van der Waals surface area contributed by atoms with Crippen molar-refractivity contribution in [1.29, 1.82) is 0 Å². The third-order valence-corrected chi connectivity index (χ3v) is 6.58. The van der Waals surface area contributed by atoms with Gasteiger partial charge in [-0.2, -0.15) is 0 Å². The second kappa shape index (κ2) is 9.87. The Morgan fingerprint density at radius 3 is 2.71 bits per heavy atom. The van der Waals surface area contributed by atoms with Crippen LogP contribution in [-0.2, 0) is 0 Å². The fourth-order valence-corrected chi connectivity index (χ4v) is 5.00. The molecule has 0 saturated heterocycles. The van der Waals surface area contributed by atoms with Crippen molar-refractivity contribution in [3.05, 3.63) is 59.2 Å². The van der Waals surface area contributed by atoms with Crippen LogP contribution in [0.2, 0.25) is 0 Å². The number of benzene rings is 1. The first-order chi connectivity index (χ1) is 13.5. The number of aliphatic hydroxyl groups is 2. The van der Waals surface area contributed by atoms with Gasteiger partial charge in [0.2, 0.25) is 0 Å². The smallest absolute Gasteiger partial charge is 0.0974 e. The zero-order chi connectivity index (χ0) is 20.1. The second-order valence-corrected chi connectivity index (χ2v) is 9.04. The predicted octanol–water partition coefficient (Wildman–Crippen LogP) is 4.65. The first-order valence-electron chi connectivity index (χ1n) is 10.9. The number of allylic oxidation sites excluding steroid dienone is 2. The lowest BCUT2D eigenvalue weighted by molar-refractivity contribution is 0.140. The average molecular weight is 384 g/mol. The molecule has 28 heavy (non-hydrogen) atoms. The van der Waals surface area contributed by atoms with E-state index in [2.05, 4.69) is 31.1 Å². The quantitative estimate of drug-likeness (QED) is 0.482. The first kappa shape index (κ1) is 21.3. The molecular weight excluding hydrogens is 346 g/mol. The van der Waals surface area contributed by atoms with Gasteiger partial charge in [-0.15, -0.1) is 0 Å². The molecule has 0 radical (unpaired) electrons. The van der Waals surface area contributed by atoms with Crippen LogP contribution >= 0.6 is 0 Å². The lowest BCUT2D eigenvalue weighted by Crippen LogP contribution is -2.17. The molecule has 2 aliphatic carbocycles. The van der Waals surface area contributed by atoms with Crippen molar-refractivity contribution in [3.8, 4) is 0 Å². The fraction of sp³-hybridized carbons (Fsp3) is 0.600. The summed E-state index contributed by atoms with van der Waals surface area (Å²) >= 11 is 0. The molecule has 0 spiro atoms. The molecule has 1 saturated carbocycles. The first-order valence-corrected chi connectivity index (χ1v) is 10.9. The number of unbranched alkanes of at least 4 members (excludes halogenated alkanes) is 2. The Hall–Kier alpha value is -1.42. The molecule has 0 aromatic heterocycles. The van der Waals surface area contributed by atoms with Crippen LogP contribution < -0.4 is 0 Å². The summed E-state index contributed by atoms with van der Waals surface area (Å²) in [6, 6.07) is 7.96. The van der Waals surface area contributed by atoms with Gasteiger partial charge in [0.1, 0.15) is 0 Å². The highest BCUT2D eigenvalue weighted by Gasteiger charge is 2.43. The minimum atomic E-state index is -0.599. The fourth-order valence-electron chi connectivity index (χ4n) is 5.00. The molecule has 1 fully saturated rings. The van der Waals surface area contributed by atoms with Crippen molar-refractivity contribution in [2.24, 2.45) is 17.8 Å². The Bertz CT molecular complexity index is 694. The number of nitrogens with zero attached hydrogens (tertiary/aromatic N) is 1. The monoisotopic (exact) mass is 383 g/mol. The number of fused-ring (bicyclic) bond motifs is 1. The minimum Gasteiger partial charge on any atom is -0.392 e. The summed E-state index contributed by atoms with van der Waals surface area (Å²) in [5.41, 5.74) is 3.64. The largest absolute Gasteiger partial charge is 0.392 e. The number of rotatable bonds is 9. The lowest BCUT2D eigenvalue weighted by atomic mass is 9.88. The van der Waals surface area contributed by atoms with Gasteiger partial charge in [-0.1, -0.05) is 54.5 Å². The van der Waals surface area contributed by atoms with Gasteiger partial charge >= 0.3 is 0 Å². The van der Waals surface area contributed by atoms with E-state index in [1.54, 1.807) is 5.57 Å². The van der Waals surface area contributed by atoms with E-state index in [1.165, 1.54) is 32.2 Å². The topological polar surface area (TPSA) is 43.7 Å². The summed E-state index contributed by atoms with van der Waals surface area (Å²) in [6.07, 6.45) is 12.6. The normalized spacial score (nSPS) is 28.1. The Morgan fingerprint density at radius 1 is 1.18 bits per heavy atom. The molecule has 0 unspecified atom stereocenters. The third-order valence-electron chi connectivity index (χ3n) is 6.58. The van der Waals surface area contributed by atoms with Gasteiger partial charge in [0.25, 0.3) is 0 Å². The van der Waals surface area contributed by atoms with Crippen LogP contribution in [0.25, 0.3) is 0 Å². The van der Waals surface area contributed by atoms with Crippen molar-refractivity contribution in [2.75, 3.05) is 20.6 Å². The molecule has 2 aliphatic rings. The number of aliphatic hydroxyl groups excluding tert-OH is 2. The summed E-state index contributed by atoms with van der Waals surface area (Å²) in [6.45, 7) is 3.20. The van der Waals surface area contributed by atoms with E-state index in [0.717, 1.165) is 24.0 Å². The van der Waals surface area contributed by atoms with Crippen molar-refractivity contribution in [3.63, 3.8) is 0 Å². The minimum absolute atomic E-state index is 0.158. The maximum absolute atomic E-state index is 10.6. The van der Waals surface area contributed by atoms with Crippen molar-refractivity contribution in [2.45, 2.75) is 57.7 Å². The molecule has 0 amide bonds. The average Bonchev–Trinajstić information content (AvgIpc) is 3.16. The van der Waals surface area contributed by atoms with Crippen LogP contribution in [-0.4, -0.2) is 41.9 Å². The molecule has 0 bridgehead atoms. The SMILES string of the molecule is Cc1ccccc1[C@@H](O)/C=C/[C@@H]1[C@H]2CC(CCCCCN(C)C)=C[C@H]2C[C@H]1O. The highest BCUT2D eigenvalue weighted by molar-refractivity contribution is 5.30. The molecule has 0 heterocycles. The Kier molecular flexibility index (Phi) is 7.50. The Morgan fingerprint density at radius 2 is 1.96 bits per heavy atom. The van der Waals surface area contributed by atoms with E-state index in [-0.39, 0.29) is 12.0 Å². The van der Waals surface area contributed by atoms with E-state index < -0.39 is 6.10 Å². The van der Waals surface area contributed by atoms with Crippen molar-refractivity contribution >= 4 is 0 Å². The maximum atomic E-state index is 10.6. The summed E-state index contributed by atoms with van der Waals surface area (Å²) < 4.78 is 0. The summed E-state index contributed by atoms with van der Waals surface area (Å²) in [4.78, 5) is 2.25. The van der Waals surface area contributed by atoms with E-state index in [1.807, 2.05) is 37.3 Å². The standard InChI is InChI=1S/C25H37NO2/c1-18-9-6-7-11-21(18)24(27)13-12-22-23-16-19(15-20(23)17-25(22)28)10-5-4-8-14-26(2)3/h6-7,9,11-13,15,20,22-25,27-28H,4-5,8,10,14,16-17H2,1-3H3/b13-12+/t20-,22+,23-,24-,25+/m0/s1. The molecule has 3 rings (SSSR count). The van der Waals surface area contributed by atoms with E-state index in [0.29, 0.717) is 11.8 Å².